The van der Waals surface area contributed by atoms with E-state index >= 15 is 0 Å². The highest BCUT2D eigenvalue weighted by Gasteiger charge is 2.21. The Morgan fingerprint density at radius 2 is 1.73 bits per heavy atom. The van der Waals surface area contributed by atoms with Crippen LogP contribution in [0.5, 0.6) is 0 Å². The number of methoxy groups -OCH3 is 1. The van der Waals surface area contributed by atoms with Crippen LogP contribution in [0.25, 0.3) is 17.2 Å². The normalized spacial score (nSPS) is 14.8. The number of carbonyl (C=O) groups excluding carboxylic acids is 2. The molecule has 1 N–H and O–H groups in total. The molecule has 1 heterocycles. The number of hydrogen-bond donors (Lipinski definition) is 1. The number of hydrogen-bond acceptors (Lipinski definition) is 4. The smallest absolute Gasteiger partial charge is 0.246 e. The largest absolute Gasteiger partial charge is 0.383 e. The third-order valence-corrected chi connectivity index (χ3v) is 5.09. The van der Waals surface area contributed by atoms with Gasteiger partial charge in [0.05, 0.1) is 13.2 Å². The van der Waals surface area contributed by atoms with Gasteiger partial charge < -0.3 is 15.0 Å². The number of nitrogens with one attached hydrogen (secondary N) is 1. The summed E-state index contributed by atoms with van der Waals surface area (Å²) in [6.07, 6.45) is 3.50. The number of ether oxygens (including phenoxy) is 1. The first-order chi connectivity index (χ1) is 14.7. The monoisotopic (exact) mass is 407 g/mol. The van der Waals surface area contributed by atoms with Gasteiger partial charge in [-0.25, -0.2) is 0 Å². The first kappa shape index (κ1) is 21.7. The van der Waals surface area contributed by atoms with Gasteiger partial charge in [0.15, 0.2) is 0 Å². The minimum absolute atomic E-state index is 0.00399. The molecule has 1 aliphatic rings. The standard InChI is InChI=1S/C24H29N3O3/c1-30-17-12-25-23(28)19-26-13-15-27(16-14-26)24(29)11-10-20-6-5-9-22(18-20)21-7-3-2-4-8-21/h2-11,18H,12-17,19H2,1H3,(H,25,28)/b11-10+. The predicted octanol–water partition coefficient (Wildman–Crippen LogP) is 2.27. The van der Waals surface area contributed by atoms with Gasteiger partial charge in [0.25, 0.3) is 0 Å². The van der Waals surface area contributed by atoms with E-state index in [9.17, 15) is 9.59 Å². The van der Waals surface area contributed by atoms with Crippen LogP contribution in [0.1, 0.15) is 5.56 Å². The van der Waals surface area contributed by atoms with Crippen LogP contribution in [0.15, 0.2) is 60.7 Å². The van der Waals surface area contributed by atoms with Crippen molar-refractivity contribution in [2.75, 3.05) is 53.0 Å². The first-order valence-electron chi connectivity index (χ1n) is 10.3. The SMILES string of the molecule is COCCNC(=O)CN1CCN(C(=O)/C=C/c2cccc(-c3ccccc3)c2)CC1. The molecule has 0 spiro atoms. The molecule has 0 bridgehead atoms. The van der Waals surface area contributed by atoms with Crippen LogP contribution in [0.4, 0.5) is 0 Å². The van der Waals surface area contributed by atoms with Crippen molar-refractivity contribution in [2.45, 2.75) is 0 Å². The molecule has 6 nitrogen and oxygen atoms in total. The third-order valence-electron chi connectivity index (χ3n) is 5.09. The van der Waals surface area contributed by atoms with Gasteiger partial charge in [-0.3, -0.25) is 14.5 Å². The van der Waals surface area contributed by atoms with E-state index in [2.05, 4.69) is 34.5 Å². The molecular weight excluding hydrogens is 378 g/mol. The van der Waals surface area contributed by atoms with E-state index in [4.69, 9.17) is 4.74 Å². The van der Waals surface area contributed by atoms with Gasteiger partial charge in [-0.1, -0.05) is 48.5 Å². The average Bonchev–Trinajstić information content (AvgIpc) is 2.79. The molecule has 1 fully saturated rings. The van der Waals surface area contributed by atoms with Gasteiger partial charge in [-0.2, -0.15) is 0 Å². The van der Waals surface area contributed by atoms with Gasteiger partial charge in [-0.15, -0.1) is 0 Å². The maximum absolute atomic E-state index is 12.6. The van der Waals surface area contributed by atoms with Gasteiger partial charge in [0, 0.05) is 45.9 Å². The van der Waals surface area contributed by atoms with E-state index in [-0.39, 0.29) is 11.8 Å². The minimum Gasteiger partial charge on any atom is -0.383 e. The van der Waals surface area contributed by atoms with Crippen LogP contribution in [0.2, 0.25) is 0 Å². The zero-order chi connectivity index (χ0) is 21.2. The number of rotatable bonds is 8. The van der Waals surface area contributed by atoms with E-state index in [1.54, 1.807) is 13.2 Å². The van der Waals surface area contributed by atoms with Crippen LogP contribution in [-0.2, 0) is 14.3 Å². The van der Waals surface area contributed by atoms with Crippen molar-refractivity contribution in [1.82, 2.24) is 15.1 Å². The number of carbonyl (C=O) groups is 2. The summed E-state index contributed by atoms with van der Waals surface area (Å²) in [7, 11) is 1.61. The van der Waals surface area contributed by atoms with Crippen molar-refractivity contribution in [3.05, 3.63) is 66.2 Å². The molecule has 0 radical (unpaired) electrons. The number of nitrogens with zero attached hydrogens (tertiary/aromatic N) is 2. The zero-order valence-electron chi connectivity index (χ0n) is 17.4. The van der Waals surface area contributed by atoms with Crippen LogP contribution >= 0.6 is 0 Å². The predicted molar refractivity (Wildman–Crippen MR) is 119 cm³/mol. The van der Waals surface area contributed by atoms with Gasteiger partial charge in [0.2, 0.25) is 11.8 Å². The Morgan fingerprint density at radius 1 is 1.00 bits per heavy atom. The number of amides is 2. The van der Waals surface area contributed by atoms with Crippen molar-refractivity contribution in [3.63, 3.8) is 0 Å². The molecule has 0 aliphatic carbocycles. The molecule has 1 saturated heterocycles. The lowest BCUT2D eigenvalue weighted by molar-refractivity contribution is -0.128. The first-order valence-corrected chi connectivity index (χ1v) is 10.3. The zero-order valence-corrected chi connectivity index (χ0v) is 17.4. The van der Waals surface area contributed by atoms with Crippen LogP contribution in [-0.4, -0.2) is 74.6 Å². The molecule has 0 atom stereocenters. The van der Waals surface area contributed by atoms with Crippen molar-refractivity contribution in [1.29, 1.82) is 0 Å². The van der Waals surface area contributed by atoms with Gasteiger partial charge >= 0.3 is 0 Å². The van der Waals surface area contributed by atoms with E-state index in [1.165, 1.54) is 0 Å². The fraction of sp³-hybridized carbons (Fsp3) is 0.333. The van der Waals surface area contributed by atoms with Gasteiger partial charge in [-0.05, 0) is 28.8 Å². The van der Waals surface area contributed by atoms with E-state index in [0.717, 1.165) is 16.7 Å². The van der Waals surface area contributed by atoms with Crippen LogP contribution in [0.3, 0.4) is 0 Å². The summed E-state index contributed by atoms with van der Waals surface area (Å²) in [6, 6.07) is 18.3. The summed E-state index contributed by atoms with van der Waals surface area (Å²) in [5, 5.41) is 2.82. The number of benzene rings is 2. The molecular formula is C24H29N3O3. The topological polar surface area (TPSA) is 61.9 Å². The van der Waals surface area contributed by atoms with Crippen molar-refractivity contribution >= 4 is 17.9 Å². The highest BCUT2D eigenvalue weighted by atomic mass is 16.5. The second-order valence-electron chi connectivity index (χ2n) is 7.27. The summed E-state index contributed by atoms with van der Waals surface area (Å²) in [6.45, 7) is 4.02. The quantitative estimate of drug-likeness (QED) is 0.539. The van der Waals surface area contributed by atoms with E-state index in [0.29, 0.717) is 45.9 Å². The maximum atomic E-state index is 12.6. The van der Waals surface area contributed by atoms with E-state index in [1.807, 2.05) is 41.3 Å². The summed E-state index contributed by atoms with van der Waals surface area (Å²) in [5.74, 6) is -0.00525. The fourth-order valence-corrected chi connectivity index (χ4v) is 3.40. The van der Waals surface area contributed by atoms with Crippen molar-refractivity contribution < 1.29 is 14.3 Å². The molecule has 1 aliphatic heterocycles. The molecule has 0 unspecified atom stereocenters. The Hall–Kier alpha value is -2.96. The Labute approximate surface area is 178 Å². The lowest BCUT2D eigenvalue weighted by Gasteiger charge is -2.33. The fourth-order valence-electron chi connectivity index (χ4n) is 3.40. The Bertz CT molecular complexity index is 859. The summed E-state index contributed by atoms with van der Waals surface area (Å²) < 4.78 is 4.93. The minimum atomic E-state index is -0.00924. The Kier molecular flexibility index (Phi) is 8.18. The highest BCUT2D eigenvalue weighted by molar-refractivity contribution is 5.92. The summed E-state index contributed by atoms with van der Waals surface area (Å²) in [5.41, 5.74) is 3.28. The lowest BCUT2D eigenvalue weighted by atomic mass is 10.0. The van der Waals surface area contributed by atoms with E-state index < -0.39 is 0 Å². The van der Waals surface area contributed by atoms with Crippen LogP contribution in [0, 0.1) is 0 Å². The second-order valence-corrected chi connectivity index (χ2v) is 7.27. The van der Waals surface area contributed by atoms with Gasteiger partial charge in [0.1, 0.15) is 0 Å². The van der Waals surface area contributed by atoms with Crippen molar-refractivity contribution in [3.8, 4) is 11.1 Å². The Morgan fingerprint density at radius 3 is 2.47 bits per heavy atom. The molecule has 0 saturated carbocycles. The molecule has 2 amide bonds. The molecule has 3 rings (SSSR count). The molecule has 2 aromatic rings. The molecule has 2 aromatic carbocycles. The lowest BCUT2D eigenvalue weighted by Crippen LogP contribution is -2.51. The number of piperazine rings is 1. The second kappa shape index (κ2) is 11.3. The third kappa shape index (κ3) is 6.54. The average molecular weight is 408 g/mol. The highest BCUT2D eigenvalue weighted by Crippen LogP contribution is 2.20. The molecule has 6 heteroatoms. The summed E-state index contributed by atoms with van der Waals surface area (Å²) in [4.78, 5) is 28.3. The summed E-state index contributed by atoms with van der Waals surface area (Å²) >= 11 is 0. The maximum Gasteiger partial charge on any atom is 0.246 e. The molecule has 158 valence electrons. The Balaban J connectivity index is 1.48. The molecule has 30 heavy (non-hydrogen) atoms. The van der Waals surface area contributed by atoms with Crippen molar-refractivity contribution in [2.24, 2.45) is 0 Å². The van der Waals surface area contributed by atoms with Crippen LogP contribution < -0.4 is 5.32 Å². The molecule has 0 aromatic heterocycles.